The van der Waals surface area contributed by atoms with E-state index < -0.39 is 10.0 Å². The minimum Gasteiger partial charge on any atom is -0.482 e. The summed E-state index contributed by atoms with van der Waals surface area (Å²) in [4.78, 5) is 11.6. The molecule has 0 aromatic heterocycles. The molecule has 0 heterocycles. The highest BCUT2D eigenvalue weighted by molar-refractivity contribution is 7.89. The van der Waals surface area contributed by atoms with Crippen molar-refractivity contribution in [2.24, 2.45) is 0 Å². The Balaban J connectivity index is 2.56. The lowest BCUT2D eigenvalue weighted by Crippen LogP contribution is -2.30. The minimum atomic E-state index is -3.68. The molecule has 8 nitrogen and oxygen atoms in total. The SMILES string of the molecule is COCCCNC(=O)COc1ccc(S(=O)(=O)NCCOC)cc1Cl. The molecule has 1 rings (SSSR count). The summed E-state index contributed by atoms with van der Waals surface area (Å²) < 4.78 is 41.5. The first kappa shape index (κ1) is 21.7. The molecule has 2 N–H and O–H groups in total. The van der Waals surface area contributed by atoms with E-state index in [0.717, 1.165) is 0 Å². The summed E-state index contributed by atoms with van der Waals surface area (Å²) in [5.41, 5.74) is 0. The number of nitrogens with one attached hydrogen (secondary N) is 2. The molecule has 0 aliphatic carbocycles. The number of sulfonamides is 1. The van der Waals surface area contributed by atoms with E-state index in [4.69, 9.17) is 25.8 Å². The second kappa shape index (κ2) is 11.3. The van der Waals surface area contributed by atoms with E-state index in [0.29, 0.717) is 19.6 Å². The topological polar surface area (TPSA) is 103 Å². The van der Waals surface area contributed by atoms with E-state index in [2.05, 4.69) is 10.0 Å². The van der Waals surface area contributed by atoms with Crippen LogP contribution < -0.4 is 14.8 Å². The van der Waals surface area contributed by atoms with Crippen molar-refractivity contribution < 1.29 is 27.4 Å². The van der Waals surface area contributed by atoms with Gasteiger partial charge in [-0.3, -0.25) is 4.79 Å². The summed E-state index contributed by atoms with van der Waals surface area (Å²) in [7, 11) is -0.617. The lowest BCUT2D eigenvalue weighted by molar-refractivity contribution is -0.123. The second-order valence-electron chi connectivity index (χ2n) is 4.97. The summed E-state index contributed by atoms with van der Waals surface area (Å²) in [6, 6.07) is 4.03. The molecule has 0 unspecified atom stereocenters. The third-order valence-corrected chi connectivity index (χ3v) is 4.77. The predicted molar refractivity (Wildman–Crippen MR) is 93.5 cm³/mol. The molecule has 0 spiro atoms. The number of amides is 1. The Morgan fingerprint density at radius 3 is 2.52 bits per heavy atom. The van der Waals surface area contributed by atoms with E-state index in [1.54, 1.807) is 7.11 Å². The fourth-order valence-corrected chi connectivity index (χ4v) is 3.10. The van der Waals surface area contributed by atoms with Gasteiger partial charge in [-0.25, -0.2) is 13.1 Å². The summed E-state index contributed by atoms with van der Waals surface area (Å²) in [5.74, 6) is -0.0744. The van der Waals surface area contributed by atoms with Gasteiger partial charge in [0.2, 0.25) is 10.0 Å². The van der Waals surface area contributed by atoms with E-state index >= 15 is 0 Å². The van der Waals surface area contributed by atoms with Crippen molar-refractivity contribution in [3.8, 4) is 5.75 Å². The number of hydrogen-bond donors (Lipinski definition) is 2. The molecule has 0 saturated carbocycles. The zero-order valence-electron chi connectivity index (χ0n) is 14.2. The van der Waals surface area contributed by atoms with Crippen LogP contribution in [0.5, 0.6) is 5.75 Å². The molecule has 25 heavy (non-hydrogen) atoms. The van der Waals surface area contributed by atoms with Crippen LogP contribution in [-0.2, 0) is 24.3 Å². The maximum absolute atomic E-state index is 12.1. The van der Waals surface area contributed by atoms with Crippen molar-refractivity contribution in [1.29, 1.82) is 0 Å². The Hall–Kier alpha value is -1.39. The number of methoxy groups -OCH3 is 2. The Morgan fingerprint density at radius 2 is 1.88 bits per heavy atom. The van der Waals surface area contributed by atoms with Crippen molar-refractivity contribution in [3.63, 3.8) is 0 Å². The third-order valence-electron chi connectivity index (χ3n) is 3.02. The maximum atomic E-state index is 12.1. The van der Waals surface area contributed by atoms with Gasteiger partial charge in [-0.15, -0.1) is 0 Å². The van der Waals surface area contributed by atoms with Crippen LogP contribution in [0.2, 0.25) is 5.02 Å². The standard InChI is InChI=1S/C15H23ClN2O6S/c1-22-8-3-6-17-15(19)11-24-14-5-4-12(10-13(14)16)25(20,21)18-7-9-23-2/h4-5,10,18H,3,6-9,11H2,1-2H3,(H,17,19). The molecule has 1 aromatic carbocycles. The van der Waals surface area contributed by atoms with Gasteiger partial charge < -0.3 is 19.5 Å². The Bertz CT molecular complexity index is 653. The van der Waals surface area contributed by atoms with Crippen LogP contribution in [0.15, 0.2) is 23.1 Å². The highest BCUT2D eigenvalue weighted by Crippen LogP contribution is 2.27. The average molecular weight is 395 g/mol. The fourth-order valence-electron chi connectivity index (χ4n) is 1.77. The number of rotatable bonds is 12. The van der Waals surface area contributed by atoms with E-state index in [-0.39, 0.29) is 41.3 Å². The van der Waals surface area contributed by atoms with Crippen molar-refractivity contribution in [2.45, 2.75) is 11.3 Å². The monoisotopic (exact) mass is 394 g/mol. The number of hydrogen-bond acceptors (Lipinski definition) is 6. The van der Waals surface area contributed by atoms with Gasteiger partial charge in [-0.2, -0.15) is 0 Å². The number of benzene rings is 1. The van der Waals surface area contributed by atoms with Gasteiger partial charge in [-0.05, 0) is 24.6 Å². The summed E-state index contributed by atoms with van der Waals surface area (Å²) in [6.07, 6.45) is 0.700. The van der Waals surface area contributed by atoms with Crippen molar-refractivity contribution >= 4 is 27.5 Å². The molecule has 0 atom stereocenters. The molecule has 0 bridgehead atoms. The van der Waals surface area contributed by atoms with Gasteiger partial charge in [0.15, 0.2) is 6.61 Å². The fraction of sp³-hybridized carbons (Fsp3) is 0.533. The Labute approximate surface area is 152 Å². The van der Waals surface area contributed by atoms with Gasteiger partial charge in [0.25, 0.3) is 5.91 Å². The molecule has 1 amide bonds. The van der Waals surface area contributed by atoms with Crippen LogP contribution >= 0.6 is 11.6 Å². The average Bonchev–Trinajstić information content (AvgIpc) is 2.57. The highest BCUT2D eigenvalue weighted by atomic mass is 35.5. The molecule has 1 aromatic rings. The van der Waals surface area contributed by atoms with Gasteiger partial charge in [0, 0.05) is 33.9 Å². The number of ether oxygens (including phenoxy) is 3. The number of carbonyl (C=O) groups excluding carboxylic acids is 1. The van der Waals surface area contributed by atoms with Crippen LogP contribution in [-0.4, -0.2) is 61.5 Å². The summed E-state index contributed by atoms with van der Waals surface area (Å²) >= 11 is 6.04. The largest absolute Gasteiger partial charge is 0.482 e. The van der Waals surface area contributed by atoms with Crippen molar-refractivity contribution in [1.82, 2.24) is 10.0 Å². The van der Waals surface area contributed by atoms with Crippen LogP contribution in [0.25, 0.3) is 0 Å². The molecule has 0 radical (unpaired) electrons. The molecular formula is C15H23ClN2O6S. The first-order valence-electron chi connectivity index (χ1n) is 7.57. The molecule has 142 valence electrons. The second-order valence-corrected chi connectivity index (χ2v) is 7.14. The van der Waals surface area contributed by atoms with E-state index in [1.807, 2.05) is 0 Å². The molecule has 0 aliphatic heterocycles. The van der Waals surface area contributed by atoms with Crippen LogP contribution in [0.4, 0.5) is 0 Å². The van der Waals surface area contributed by atoms with Crippen LogP contribution in [0.1, 0.15) is 6.42 Å². The number of carbonyl (C=O) groups is 1. The molecular weight excluding hydrogens is 372 g/mol. The lowest BCUT2D eigenvalue weighted by Gasteiger charge is -2.11. The summed E-state index contributed by atoms with van der Waals surface area (Å²) in [6.45, 7) is 1.23. The first-order valence-corrected chi connectivity index (χ1v) is 9.43. The lowest BCUT2D eigenvalue weighted by atomic mass is 10.3. The highest BCUT2D eigenvalue weighted by Gasteiger charge is 2.16. The molecule has 0 saturated heterocycles. The Morgan fingerprint density at radius 1 is 1.16 bits per heavy atom. The van der Waals surface area contributed by atoms with Crippen molar-refractivity contribution in [3.05, 3.63) is 23.2 Å². The zero-order chi connectivity index (χ0) is 18.7. The quantitative estimate of drug-likeness (QED) is 0.508. The third kappa shape index (κ3) is 8.02. The van der Waals surface area contributed by atoms with Crippen molar-refractivity contribution in [2.75, 3.05) is 47.1 Å². The first-order chi connectivity index (χ1) is 11.9. The molecule has 0 aliphatic rings. The zero-order valence-corrected chi connectivity index (χ0v) is 15.8. The van der Waals surface area contributed by atoms with Gasteiger partial charge in [-0.1, -0.05) is 11.6 Å². The van der Waals surface area contributed by atoms with Gasteiger partial charge in [0.05, 0.1) is 16.5 Å². The van der Waals surface area contributed by atoms with E-state index in [1.165, 1.54) is 25.3 Å². The predicted octanol–water partition coefficient (Wildman–Crippen LogP) is 0.796. The maximum Gasteiger partial charge on any atom is 0.257 e. The summed E-state index contributed by atoms with van der Waals surface area (Å²) in [5, 5.41) is 2.77. The van der Waals surface area contributed by atoms with Gasteiger partial charge >= 0.3 is 0 Å². The van der Waals surface area contributed by atoms with Gasteiger partial charge in [0.1, 0.15) is 5.75 Å². The normalized spacial score (nSPS) is 11.3. The number of halogens is 1. The Kier molecular flexibility index (Phi) is 9.76. The van der Waals surface area contributed by atoms with E-state index in [9.17, 15) is 13.2 Å². The van der Waals surface area contributed by atoms with Crippen LogP contribution in [0, 0.1) is 0 Å². The molecule has 0 fully saturated rings. The molecule has 10 heteroatoms. The van der Waals surface area contributed by atoms with Crippen LogP contribution in [0.3, 0.4) is 0 Å². The smallest absolute Gasteiger partial charge is 0.257 e. The minimum absolute atomic E-state index is 0.00460.